The first-order chi connectivity index (χ1) is 21.9. The van der Waals surface area contributed by atoms with Gasteiger partial charge in [-0.15, -0.1) is 0 Å². The number of fused-ring (bicyclic) bond motifs is 2. The van der Waals surface area contributed by atoms with E-state index in [0.29, 0.717) is 11.1 Å². The van der Waals surface area contributed by atoms with Crippen molar-refractivity contribution in [2.24, 2.45) is 11.5 Å². The van der Waals surface area contributed by atoms with Crippen molar-refractivity contribution >= 4 is 57.4 Å². The molecule has 15 heteroatoms. The third-order valence-corrected chi connectivity index (χ3v) is 7.50. The highest BCUT2D eigenvalue weighted by molar-refractivity contribution is 5.96. The molecule has 0 spiro atoms. The quantitative estimate of drug-likeness (QED) is 0.0805. The Labute approximate surface area is 262 Å². The number of amides is 4. The van der Waals surface area contributed by atoms with E-state index < -0.39 is 66.2 Å². The minimum atomic E-state index is -1.69. The summed E-state index contributed by atoms with van der Waals surface area (Å²) in [6.45, 7) is 0. The first-order valence-corrected chi connectivity index (χ1v) is 14.4. The number of para-hydroxylation sites is 2. The maximum atomic E-state index is 13.6. The molecule has 4 rings (SSSR count). The largest absolute Gasteiger partial charge is 0.481 e. The van der Waals surface area contributed by atoms with Gasteiger partial charge in [0.2, 0.25) is 23.6 Å². The van der Waals surface area contributed by atoms with Gasteiger partial charge in [-0.1, -0.05) is 36.4 Å². The fourth-order valence-corrected chi connectivity index (χ4v) is 5.09. The SMILES string of the molecule is NC(=O)CCC(N)C(=O)NC(Cc1c[nH]c2ccccc12)C(=O)NC(CC(=O)O)C(=O)NC(Cc1c[nH]c2ccccc12)C(=O)O. The average molecular weight is 634 g/mol. The number of primary amides is 1. The number of aliphatic carboxylic acids is 2. The molecule has 4 atom stereocenters. The van der Waals surface area contributed by atoms with Crippen molar-refractivity contribution in [3.63, 3.8) is 0 Å². The summed E-state index contributed by atoms with van der Waals surface area (Å²) in [5.74, 6) is -6.19. The number of aromatic amines is 2. The van der Waals surface area contributed by atoms with Crippen LogP contribution >= 0.6 is 0 Å². The van der Waals surface area contributed by atoms with Crippen molar-refractivity contribution in [1.82, 2.24) is 25.9 Å². The van der Waals surface area contributed by atoms with Crippen LogP contribution in [0.1, 0.15) is 30.4 Å². The summed E-state index contributed by atoms with van der Waals surface area (Å²) in [5.41, 5.74) is 13.8. The molecule has 242 valence electrons. The highest BCUT2D eigenvalue weighted by Gasteiger charge is 2.32. The van der Waals surface area contributed by atoms with E-state index in [1.54, 1.807) is 42.7 Å². The van der Waals surface area contributed by atoms with Gasteiger partial charge in [0.05, 0.1) is 12.5 Å². The van der Waals surface area contributed by atoms with E-state index in [2.05, 4.69) is 25.9 Å². The maximum absolute atomic E-state index is 13.6. The lowest BCUT2D eigenvalue weighted by atomic mass is 10.0. The summed E-state index contributed by atoms with van der Waals surface area (Å²) in [6, 6.07) is 8.72. The monoisotopic (exact) mass is 633 g/mol. The molecule has 0 aliphatic heterocycles. The molecule has 0 radical (unpaired) electrons. The van der Waals surface area contributed by atoms with Gasteiger partial charge in [0.1, 0.15) is 18.1 Å². The van der Waals surface area contributed by atoms with Crippen molar-refractivity contribution in [3.05, 3.63) is 72.1 Å². The van der Waals surface area contributed by atoms with Crippen molar-refractivity contribution in [2.45, 2.75) is 56.3 Å². The molecule has 0 aliphatic rings. The Bertz CT molecular complexity index is 1760. The second kappa shape index (κ2) is 14.9. The van der Waals surface area contributed by atoms with Crippen molar-refractivity contribution < 1.29 is 39.0 Å². The van der Waals surface area contributed by atoms with Crippen molar-refractivity contribution in [1.29, 1.82) is 0 Å². The third-order valence-electron chi connectivity index (χ3n) is 7.50. The lowest BCUT2D eigenvalue weighted by Gasteiger charge is -2.24. The molecule has 11 N–H and O–H groups in total. The molecule has 2 heterocycles. The number of carbonyl (C=O) groups excluding carboxylic acids is 4. The zero-order chi connectivity index (χ0) is 33.4. The van der Waals surface area contributed by atoms with E-state index in [1.165, 1.54) is 0 Å². The molecule has 46 heavy (non-hydrogen) atoms. The first-order valence-electron chi connectivity index (χ1n) is 14.4. The topological polar surface area (TPSA) is 263 Å². The molecule has 0 bridgehead atoms. The Morgan fingerprint density at radius 1 is 0.696 bits per heavy atom. The van der Waals surface area contributed by atoms with E-state index in [-0.39, 0.29) is 25.7 Å². The number of hydrogen-bond acceptors (Lipinski definition) is 7. The molecule has 2 aromatic heterocycles. The molecule has 4 unspecified atom stereocenters. The van der Waals surface area contributed by atoms with Crippen LogP contribution in [0.25, 0.3) is 21.8 Å². The van der Waals surface area contributed by atoms with Gasteiger partial charge in [0.15, 0.2) is 0 Å². The van der Waals surface area contributed by atoms with E-state index >= 15 is 0 Å². The molecular formula is C31H35N7O8. The van der Waals surface area contributed by atoms with Crippen LogP contribution in [0.15, 0.2) is 60.9 Å². The number of rotatable bonds is 16. The Morgan fingerprint density at radius 2 is 1.17 bits per heavy atom. The Hall–Kier alpha value is -5.70. The predicted molar refractivity (Wildman–Crippen MR) is 166 cm³/mol. The van der Waals surface area contributed by atoms with Gasteiger partial charge in [-0.2, -0.15) is 0 Å². The third kappa shape index (κ3) is 8.47. The summed E-state index contributed by atoms with van der Waals surface area (Å²) < 4.78 is 0. The summed E-state index contributed by atoms with van der Waals surface area (Å²) in [4.78, 5) is 80.9. The van der Waals surface area contributed by atoms with Crippen LogP contribution < -0.4 is 27.4 Å². The Kier molecular flexibility index (Phi) is 10.7. The number of carbonyl (C=O) groups is 6. The number of nitrogens with two attached hydrogens (primary N) is 2. The fraction of sp³-hybridized carbons (Fsp3) is 0.290. The van der Waals surface area contributed by atoms with Gasteiger partial charge < -0.3 is 47.6 Å². The van der Waals surface area contributed by atoms with Crippen LogP contribution in [0, 0.1) is 0 Å². The second-order valence-electron chi connectivity index (χ2n) is 10.9. The molecule has 0 fully saturated rings. The lowest BCUT2D eigenvalue weighted by molar-refractivity contribution is -0.143. The summed E-state index contributed by atoms with van der Waals surface area (Å²) >= 11 is 0. The highest BCUT2D eigenvalue weighted by atomic mass is 16.4. The van der Waals surface area contributed by atoms with Crippen LogP contribution in [0.5, 0.6) is 0 Å². The zero-order valence-corrected chi connectivity index (χ0v) is 24.6. The number of benzene rings is 2. The van der Waals surface area contributed by atoms with Gasteiger partial charge in [-0.3, -0.25) is 24.0 Å². The van der Waals surface area contributed by atoms with E-state index in [1.807, 2.05) is 18.2 Å². The number of H-pyrrole nitrogens is 2. The van der Waals surface area contributed by atoms with E-state index in [0.717, 1.165) is 21.8 Å². The molecule has 4 aromatic rings. The van der Waals surface area contributed by atoms with E-state index in [4.69, 9.17) is 11.5 Å². The summed E-state index contributed by atoms with van der Waals surface area (Å²) in [7, 11) is 0. The number of aromatic nitrogens is 2. The van der Waals surface area contributed by atoms with Gasteiger partial charge in [-0.25, -0.2) is 4.79 Å². The smallest absolute Gasteiger partial charge is 0.326 e. The predicted octanol–water partition coefficient (Wildman–Crippen LogP) is 0.0409. The van der Waals surface area contributed by atoms with Crippen LogP contribution in [-0.2, 0) is 41.6 Å². The molecule has 4 amide bonds. The molecule has 0 aliphatic carbocycles. The van der Waals surface area contributed by atoms with Gasteiger partial charge in [0.25, 0.3) is 0 Å². The molecule has 0 saturated carbocycles. The van der Waals surface area contributed by atoms with Gasteiger partial charge in [-0.05, 0) is 29.7 Å². The second-order valence-corrected chi connectivity index (χ2v) is 10.9. The minimum Gasteiger partial charge on any atom is -0.481 e. The molecule has 15 nitrogen and oxygen atoms in total. The number of carboxylic acids is 2. The van der Waals surface area contributed by atoms with E-state index in [9.17, 15) is 39.0 Å². The first kappa shape index (κ1) is 33.2. The van der Waals surface area contributed by atoms with Crippen LogP contribution in [0.3, 0.4) is 0 Å². The molecule has 2 aromatic carbocycles. The maximum Gasteiger partial charge on any atom is 0.326 e. The molecular weight excluding hydrogens is 598 g/mol. The Morgan fingerprint density at radius 3 is 1.70 bits per heavy atom. The van der Waals surface area contributed by atoms with Gasteiger partial charge >= 0.3 is 11.9 Å². The van der Waals surface area contributed by atoms with Crippen molar-refractivity contribution in [2.75, 3.05) is 0 Å². The number of hydrogen-bond donors (Lipinski definition) is 9. The van der Waals surface area contributed by atoms with Crippen LogP contribution in [-0.4, -0.2) is 79.9 Å². The van der Waals surface area contributed by atoms with Crippen LogP contribution in [0.2, 0.25) is 0 Å². The zero-order valence-electron chi connectivity index (χ0n) is 24.6. The summed E-state index contributed by atoms with van der Waals surface area (Å²) in [6.07, 6.45) is 1.94. The minimum absolute atomic E-state index is 0.0795. The lowest BCUT2D eigenvalue weighted by Crippen LogP contribution is -2.58. The average Bonchev–Trinajstić information content (AvgIpc) is 3.62. The number of nitrogens with one attached hydrogen (secondary N) is 5. The fourth-order valence-electron chi connectivity index (χ4n) is 5.09. The molecule has 0 saturated heterocycles. The normalized spacial score (nSPS) is 13.8. The standard InChI is InChI=1S/C31H35N7O8/c32-20(9-10-26(33)39)28(42)36-23(11-16-14-34-21-7-3-1-5-18(16)21)29(43)37-24(13-27(40)41)30(44)38-25(31(45)46)12-17-15-35-22-8-4-2-6-19(17)22/h1-8,14-15,20,23-25,34-35H,9-13,32H2,(H2,33,39)(H,36,42)(H,37,43)(H,38,44)(H,40,41)(H,45,46). The summed E-state index contributed by atoms with van der Waals surface area (Å²) in [5, 5.41) is 28.1. The highest BCUT2D eigenvalue weighted by Crippen LogP contribution is 2.21. The van der Waals surface area contributed by atoms with Crippen molar-refractivity contribution in [3.8, 4) is 0 Å². The van der Waals surface area contributed by atoms with Crippen LogP contribution in [0.4, 0.5) is 0 Å². The Balaban J connectivity index is 1.54. The van der Waals surface area contributed by atoms with Gasteiger partial charge in [0, 0.05) is 53.5 Å². The number of carboxylic acid groups (broad SMARTS) is 2.